The smallest absolute Gasteiger partial charge is 0.270 e. The van der Waals surface area contributed by atoms with Gasteiger partial charge in [-0.25, -0.2) is 9.97 Å². The Morgan fingerprint density at radius 1 is 0.667 bits per heavy atom. The summed E-state index contributed by atoms with van der Waals surface area (Å²) in [5.74, 6) is 1.91. The maximum absolute atomic E-state index is 11.0. The molecule has 2 N–H and O–H groups in total. The largest absolute Gasteiger partial charge is 0.340 e. The van der Waals surface area contributed by atoms with Gasteiger partial charge in [0.15, 0.2) is 5.82 Å². The van der Waals surface area contributed by atoms with Gasteiger partial charge in [0.05, 0.1) is 16.3 Å². The summed E-state index contributed by atoms with van der Waals surface area (Å²) < 4.78 is 0. The molecular formula is C27H21N7O2. The Morgan fingerprint density at radius 3 is 2.11 bits per heavy atom. The van der Waals surface area contributed by atoms with E-state index in [-0.39, 0.29) is 5.69 Å². The first-order valence-corrected chi connectivity index (χ1v) is 11.2. The number of nitrogens with one attached hydrogen (secondary N) is 2. The summed E-state index contributed by atoms with van der Waals surface area (Å²) in [5, 5.41) is 26.0. The molecule has 5 rings (SSSR count). The van der Waals surface area contributed by atoms with Crippen LogP contribution in [0.1, 0.15) is 5.82 Å². The number of rotatable bonds is 7. The SMILES string of the molecule is Cc1nc(Nc2cccc(Nc3ccc(-c4cccc([N+](=O)[O-])c4)nn3)c2)cc(-c2ccccc2)n1. The number of aryl methyl sites for hydroxylation is 1. The van der Waals surface area contributed by atoms with Gasteiger partial charge in [0, 0.05) is 40.7 Å². The Hall–Kier alpha value is -5.18. The van der Waals surface area contributed by atoms with Crippen molar-refractivity contribution in [1.82, 2.24) is 20.2 Å². The molecule has 2 aromatic heterocycles. The van der Waals surface area contributed by atoms with Crippen LogP contribution in [0.15, 0.2) is 97.1 Å². The fourth-order valence-electron chi connectivity index (χ4n) is 3.69. The molecule has 2 heterocycles. The van der Waals surface area contributed by atoms with Crippen LogP contribution in [-0.4, -0.2) is 25.1 Å². The highest BCUT2D eigenvalue weighted by atomic mass is 16.6. The fourth-order valence-corrected chi connectivity index (χ4v) is 3.69. The Bertz CT molecular complexity index is 1520. The predicted molar refractivity (Wildman–Crippen MR) is 139 cm³/mol. The monoisotopic (exact) mass is 475 g/mol. The second kappa shape index (κ2) is 9.98. The van der Waals surface area contributed by atoms with E-state index in [0.29, 0.717) is 28.7 Å². The highest BCUT2D eigenvalue weighted by molar-refractivity contribution is 5.69. The highest BCUT2D eigenvalue weighted by Crippen LogP contribution is 2.26. The minimum Gasteiger partial charge on any atom is -0.340 e. The number of aromatic nitrogens is 4. The van der Waals surface area contributed by atoms with Crippen molar-refractivity contribution >= 4 is 28.7 Å². The van der Waals surface area contributed by atoms with E-state index in [0.717, 1.165) is 22.6 Å². The third kappa shape index (κ3) is 5.31. The first-order chi connectivity index (χ1) is 17.5. The van der Waals surface area contributed by atoms with Crippen molar-refractivity contribution in [2.24, 2.45) is 0 Å². The van der Waals surface area contributed by atoms with Crippen molar-refractivity contribution in [2.45, 2.75) is 6.92 Å². The molecule has 9 heteroatoms. The molecule has 176 valence electrons. The van der Waals surface area contributed by atoms with Crippen molar-refractivity contribution in [3.63, 3.8) is 0 Å². The molecule has 0 saturated carbocycles. The first kappa shape index (κ1) is 22.6. The van der Waals surface area contributed by atoms with Gasteiger partial charge in [0.2, 0.25) is 0 Å². The van der Waals surface area contributed by atoms with Gasteiger partial charge in [-0.3, -0.25) is 10.1 Å². The van der Waals surface area contributed by atoms with E-state index in [1.165, 1.54) is 12.1 Å². The Morgan fingerprint density at radius 2 is 1.39 bits per heavy atom. The van der Waals surface area contributed by atoms with Crippen molar-refractivity contribution < 1.29 is 4.92 Å². The molecule has 0 saturated heterocycles. The van der Waals surface area contributed by atoms with Crippen molar-refractivity contribution in [3.05, 3.63) is 113 Å². The third-order valence-electron chi connectivity index (χ3n) is 5.33. The van der Waals surface area contributed by atoms with Gasteiger partial charge in [0.25, 0.3) is 5.69 Å². The molecule has 0 atom stereocenters. The molecule has 3 aromatic carbocycles. The van der Waals surface area contributed by atoms with Crippen LogP contribution < -0.4 is 10.6 Å². The number of hydrogen-bond acceptors (Lipinski definition) is 8. The lowest BCUT2D eigenvalue weighted by molar-refractivity contribution is -0.384. The van der Waals surface area contributed by atoms with E-state index >= 15 is 0 Å². The highest BCUT2D eigenvalue weighted by Gasteiger charge is 2.09. The number of nitro groups is 1. The van der Waals surface area contributed by atoms with Gasteiger partial charge in [-0.1, -0.05) is 48.5 Å². The average molecular weight is 476 g/mol. The van der Waals surface area contributed by atoms with Crippen molar-refractivity contribution in [3.8, 4) is 22.5 Å². The van der Waals surface area contributed by atoms with E-state index in [1.807, 2.05) is 67.6 Å². The molecule has 0 aliphatic rings. The van der Waals surface area contributed by atoms with E-state index in [2.05, 4.69) is 30.8 Å². The molecule has 0 aliphatic carbocycles. The van der Waals surface area contributed by atoms with Gasteiger partial charge >= 0.3 is 0 Å². The van der Waals surface area contributed by atoms with Crippen LogP contribution in [0.4, 0.5) is 28.7 Å². The Labute approximate surface area is 207 Å². The van der Waals surface area contributed by atoms with Crippen LogP contribution in [0.2, 0.25) is 0 Å². The van der Waals surface area contributed by atoms with E-state index in [1.54, 1.807) is 24.3 Å². The van der Waals surface area contributed by atoms with E-state index in [9.17, 15) is 10.1 Å². The summed E-state index contributed by atoms with van der Waals surface area (Å²) in [7, 11) is 0. The normalized spacial score (nSPS) is 10.6. The zero-order chi connectivity index (χ0) is 24.9. The number of non-ortho nitro benzene ring substituents is 1. The lowest BCUT2D eigenvalue weighted by atomic mass is 10.1. The van der Waals surface area contributed by atoms with Crippen LogP contribution in [0.5, 0.6) is 0 Å². The van der Waals surface area contributed by atoms with E-state index in [4.69, 9.17) is 0 Å². The number of hydrogen-bond donors (Lipinski definition) is 2. The molecule has 0 radical (unpaired) electrons. The first-order valence-electron chi connectivity index (χ1n) is 11.2. The van der Waals surface area contributed by atoms with Gasteiger partial charge in [-0.2, -0.15) is 0 Å². The summed E-state index contributed by atoms with van der Waals surface area (Å²) in [6.07, 6.45) is 0. The molecule has 0 unspecified atom stereocenters. The summed E-state index contributed by atoms with van der Waals surface area (Å²) in [4.78, 5) is 19.7. The lowest BCUT2D eigenvalue weighted by Gasteiger charge is -2.11. The van der Waals surface area contributed by atoms with Crippen LogP contribution in [0.3, 0.4) is 0 Å². The zero-order valence-corrected chi connectivity index (χ0v) is 19.3. The number of anilines is 4. The predicted octanol–water partition coefficient (Wildman–Crippen LogP) is 6.30. The van der Waals surface area contributed by atoms with Crippen LogP contribution in [-0.2, 0) is 0 Å². The number of benzene rings is 3. The molecule has 0 bridgehead atoms. The lowest BCUT2D eigenvalue weighted by Crippen LogP contribution is -2.00. The standard InChI is InChI=1S/C27H21N7O2/c1-18-28-25(19-7-3-2-4-8-19)17-27(29-18)31-22-11-6-10-21(16-22)30-26-14-13-24(32-33-26)20-9-5-12-23(15-20)34(35)36/h2-17H,1H3,(H,30,33)(H,28,29,31). The molecule has 9 nitrogen and oxygen atoms in total. The second-order valence-electron chi connectivity index (χ2n) is 7.99. The molecule has 0 aliphatic heterocycles. The maximum Gasteiger partial charge on any atom is 0.270 e. The Kier molecular flexibility index (Phi) is 6.27. The van der Waals surface area contributed by atoms with Gasteiger partial charge in [-0.15, -0.1) is 10.2 Å². The van der Waals surface area contributed by atoms with Crippen LogP contribution in [0.25, 0.3) is 22.5 Å². The molecule has 0 spiro atoms. The minimum absolute atomic E-state index is 0.00980. The summed E-state index contributed by atoms with van der Waals surface area (Å²) in [6.45, 7) is 1.87. The third-order valence-corrected chi connectivity index (χ3v) is 5.33. The van der Waals surface area contributed by atoms with Gasteiger partial charge in [0.1, 0.15) is 11.6 Å². The molecule has 36 heavy (non-hydrogen) atoms. The second-order valence-corrected chi connectivity index (χ2v) is 7.99. The molecule has 5 aromatic rings. The number of nitro benzene ring substituents is 1. The minimum atomic E-state index is -0.431. The van der Waals surface area contributed by atoms with Crippen molar-refractivity contribution in [2.75, 3.05) is 10.6 Å². The van der Waals surface area contributed by atoms with Gasteiger partial charge < -0.3 is 10.6 Å². The molecule has 0 amide bonds. The molecule has 0 fully saturated rings. The van der Waals surface area contributed by atoms with E-state index < -0.39 is 4.92 Å². The topological polar surface area (TPSA) is 119 Å². The maximum atomic E-state index is 11.0. The number of nitrogens with zero attached hydrogens (tertiary/aromatic N) is 5. The quantitative estimate of drug-likeness (QED) is 0.208. The molecular weight excluding hydrogens is 454 g/mol. The average Bonchev–Trinajstić information content (AvgIpc) is 2.89. The summed E-state index contributed by atoms with van der Waals surface area (Å²) in [6, 6.07) is 29.5. The zero-order valence-electron chi connectivity index (χ0n) is 19.3. The van der Waals surface area contributed by atoms with Gasteiger partial charge in [-0.05, 0) is 37.3 Å². The Balaban J connectivity index is 1.31. The van der Waals surface area contributed by atoms with Crippen LogP contribution in [0, 0.1) is 17.0 Å². The summed E-state index contributed by atoms with van der Waals surface area (Å²) >= 11 is 0. The summed E-state index contributed by atoms with van der Waals surface area (Å²) in [5.41, 5.74) is 4.71. The van der Waals surface area contributed by atoms with Crippen LogP contribution >= 0.6 is 0 Å². The van der Waals surface area contributed by atoms with Crippen molar-refractivity contribution in [1.29, 1.82) is 0 Å². The fraction of sp³-hybridized carbons (Fsp3) is 0.0370.